The van der Waals surface area contributed by atoms with Gasteiger partial charge in [-0.1, -0.05) is 90.4 Å². The van der Waals surface area contributed by atoms with E-state index in [9.17, 15) is 5.11 Å². The molecule has 2 atom stereocenters. The molecular weight excluding hydrogens is 356 g/mol. The Hall–Kier alpha value is 0.230. The Kier molecular flexibility index (Phi) is 22.7. The van der Waals surface area contributed by atoms with Crippen LogP contribution in [-0.2, 0) is 9.47 Å². The summed E-state index contributed by atoms with van der Waals surface area (Å²) in [4.78, 5) is 0. The second kappa shape index (κ2) is 22.5. The lowest BCUT2D eigenvalue weighted by atomic mass is 10.0. The van der Waals surface area contributed by atoms with Crippen molar-refractivity contribution in [3.63, 3.8) is 0 Å². The molecule has 0 radical (unpaired) electrons. The van der Waals surface area contributed by atoms with Gasteiger partial charge in [-0.2, -0.15) is 11.8 Å². The fraction of sp³-hybridized carbons (Fsp3) is 1.00. The molecule has 0 heterocycles. The molecular formula is C23H48O3S. The summed E-state index contributed by atoms with van der Waals surface area (Å²) >= 11 is 1.95. The van der Waals surface area contributed by atoms with Crippen molar-refractivity contribution < 1.29 is 14.6 Å². The summed E-state index contributed by atoms with van der Waals surface area (Å²) in [5.74, 6) is 2.40. The molecule has 0 saturated carbocycles. The van der Waals surface area contributed by atoms with E-state index >= 15 is 0 Å². The fourth-order valence-corrected chi connectivity index (χ4v) is 4.25. The summed E-state index contributed by atoms with van der Waals surface area (Å²) < 4.78 is 10.6. The average molecular weight is 405 g/mol. The zero-order chi connectivity index (χ0) is 20.0. The molecule has 0 rings (SSSR count). The fourth-order valence-electron chi connectivity index (χ4n) is 3.14. The average Bonchev–Trinajstić information content (AvgIpc) is 2.69. The number of aliphatic hydroxyl groups is 1. The minimum absolute atomic E-state index is 0.185. The molecule has 164 valence electrons. The molecule has 1 N–H and O–H groups in total. The molecule has 0 amide bonds. The first-order valence-electron chi connectivity index (χ1n) is 11.6. The van der Waals surface area contributed by atoms with Gasteiger partial charge in [-0.25, -0.2) is 0 Å². The smallest absolute Gasteiger partial charge is 0.154 e. The topological polar surface area (TPSA) is 38.7 Å². The summed E-state index contributed by atoms with van der Waals surface area (Å²) in [6, 6.07) is 0. The maximum absolute atomic E-state index is 9.40. The normalized spacial score (nSPS) is 13.8. The predicted molar refractivity (Wildman–Crippen MR) is 121 cm³/mol. The van der Waals surface area contributed by atoms with Crippen LogP contribution in [0.4, 0.5) is 0 Å². The van der Waals surface area contributed by atoms with Crippen LogP contribution in [0.25, 0.3) is 0 Å². The van der Waals surface area contributed by atoms with Crippen LogP contribution in [0.1, 0.15) is 104 Å². The lowest BCUT2D eigenvalue weighted by Crippen LogP contribution is -2.21. The molecule has 0 aliphatic carbocycles. The van der Waals surface area contributed by atoms with Gasteiger partial charge in [0.1, 0.15) is 0 Å². The molecule has 0 spiro atoms. The SMILES string of the molecule is CCCCCCCCCCCCCCCCSCC(CO)COC(C)OC. The van der Waals surface area contributed by atoms with Crippen molar-refractivity contribution in [3.05, 3.63) is 0 Å². The summed E-state index contributed by atoms with van der Waals surface area (Å²) in [5, 5.41) is 9.40. The van der Waals surface area contributed by atoms with Crippen molar-refractivity contribution in [1.29, 1.82) is 0 Å². The molecule has 0 saturated heterocycles. The third-order valence-electron chi connectivity index (χ3n) is 5.15. The van der Waals surface area contributed by atoms with E-state index in [1.54, 1.807) is 7.11 Å². The Morgan fingerprint density at radius 2 is 1.26 bits per heavy atom. The number of rotatable bonds is 22. The van der Waals surface area contributed by atoms with Gasteiger partial charge in [0, 0.05) is 25.4 Å². The maximum atomic E-state index is 9.40. The zero-order valence-corrected chi connectivity index (χ0v) is 19.4. The molecule has 0 aromatic heterocycles. The number of hydrogen-bond donors (Lipinski definition) is 1. The molecule has 0 aromatic carbocycles. The summed E-state index contributed by atoms with van der Waals surface area (Å²) in [7, 11) is 1.64. The summed E-state index contributed by atoms with van der Waals surface area (Å²) in [5.41, 5.74) is 0. The monoisotopic (exact) mass is 404 g/mol. The number of hydrogen-bond acceptors (Lipinski definition) is 4. The highest BCUT2D eigenvalue weighted by atomic mass is 32.2. The van der Waals surface area contributed by atoms with Crippen LogP contribution >= 0.6 is 11.8 Å². The van der Waals surface area contributed by atoms with Gasteiger partial charge in [0.05, 0.1) is 6.61 Å². The molecule has 3 nitrogen and oxygen atoms in total. The lowest BCUT2D eigenvalue weighted by molar-refractivity contribution is -0.121. The van der Waals surface area contributed by atoms with Gasteiger partial charge in [0.2, 0.25) is 0 Å². The van der Waals surface area contributed by atoms with Crippen molar-refractivity contribution in [2.24, 2.45) is 5.92 Å². The highest BCUT2D eigenvalue weighted by Gasteiger charge is 2.10. The van der Waals surface area contributed by atoms with Crippen LogP contribution in [0, 0.1) is 5.92 Å². The van der Waals surface area contributed by atoms with Crippen LogP contribution in [0.3, 0.4) is 0 Å². The Bertz CT molecular complexity index is 276. The number of methoxy groups -OCH3 is 1. The second-order valence-corrected chi connectivity index (χ2v) is 9.01. The van der Waals surface area contributed by atoms with E-state index in [0.29, 0.717) is 6.61 Å². The maximum Gasteiger partial charge on any atom is 0.154 e. The highest BCUT2D eigenvalue weighted by Crippen LogP contribution is 2.15. The van der Waals surface area contributed by atoms with E-state index in [1.165, 1.54) is 95.6 Å². The first kappa shape index (κ1) is 27.2. The van der Waals surface area contributed by atoms with Gasteiger partial charge in [-0.15, -0.1) is 0 Å². The molecule has 27 heavy (non-hydrogen) atoms. The van der Waals surface area contributed by atoms with Crippen molar-refractivity contribution in [2.75, 3.05) is 31.8 Å². The predicted octanol–water partition coefficient (Wildman–Crippen LogP) is 6.82. The first-order valence-corrected chi connectivity index (χ1v) is 12.7. The van der Waals surface area contributed by atoms with Gasteiger partial charge < -0.3 is 14.6 Å². The molecule has 2 unspecified atom stereocenters. The van der Waals surface area contributed by atoms with Crippen molar-refractivity contribution in [2.45, 2.75) is 110 Å². The zero-order valence-electron chi connectivity index (χ0n) is 18.6. The number of aliphatic hydroxyl groups excluding tert-OH is 1. The van der Waals surface area contributed by atoms with Crippen LogP contribution in [0.5, 0.6) is 0 Å². The Labute approximate surface area is 174 Å². The summed E-state index contributed by atoms with van der Waals surface area (Å²) in [6.45, 7) is 4.95. The van der Waals surface area contributed by atoms with E-state index in [0.717, 1.165) is 5.75 Å². The molecule has 0 aliphatic heterocycles. The van der Waals surface area contributed by atoms with E-state index in [1.807, 2.05) is 18.7 Å². The third kappa shape index (κ3) is 20.8. The van der Waals surface area contributed by atoms with Crippen molar-refractivity contribution >= 4 is 11.8 Å². The Balaban J connectivity index is 3.21. The van der Waals surface area contributed by atoms with Gasteiger partial charge >= 0.3 is 0 Å². The molecule has 0 fully saturated rings. The Morgan fingerprint density at radius 1 is 0.778 bits per heavy atom. The highest BCUT2D eigenvalue weighted by molar-refractivity contribution is 7.99. The number of thioether (sulfide) groups is 1. The Morgan fingerprint density at radius 3 is 1.70 bits per heavy atom. The minimum atomic E-state index is -0.185. The van der Waals surface area contributed by atoms with E-state index in [2.05, 4.69) is 6.92 Å². The third-order valence-corrected chi connectivity index (χ3v) is 6.44. The van der Waals surface area contributed by atoms with Crippen molar-refractivity contribution in [3.8, 4) is 0 Å². The lowest BCUT2D eigenvalue weighted by Gasteiger charge is -2.17. The van der Waals surface area contributed by atoms with Crippen LogP contribution in [0.2, 0.25) is 0 Å². The molecule has 0 aliphatic rings. The van der Waals surface area contributed by atoms with Crippen LogP contribution in [-0.4, -0.2) is 43.2 Å². The first-order chi connectivity index (χ1) is 13.2. The van der Waals surface area contributed by atoms with Crippen LogP contribution < -0.4 is 0 Å². The minimum Gasteiger partial charge on any atom is -0.396 e. The number of unbranched alkanes of at least 4 members (excludes halogenated alkanes) is 13. The van der Waals surface area contributed by atoms with Crippen LogP contribution in [0.15, 0.2) is 0 Å². The standard InChI is InChI=1S/C23H48O3S/c1-4-5-6-7-8-9-10-11-12-13-14-15-16-17-18-27-21-23(19-24)20-26-22(2)25-3/h22-24H,4-21H2,1-3H3. The largest absolute Gasteiger partial charge is 0.396 e. The van der Waals surface area contributed by atoms with Gasteiger partial charge in [0.15, 0.2) is 6.29 Å². The second-order valence-electron chi connectivity index (χ2n) is 7.86. The summed E-state index contributed by atoms with van der Waals surface area (Å²) in [6.07, 6.45) is 19.6. The van der Waals surface area contributed by atoms with Gasteiger partial charge in [-0.05, 0) is 19.1 Å². The van der Waals surface area contributed by atoms with Gasteiger partial charge in [0.25, 0.3) is 0 Å². The molecule has 0 bridgehead atoms. The quantitative estimate of drug-likeness (QED) is 0.159. The van der Waals surface area contributed by atoms with E-state index in [4.69, 9.17) is 9.47 Å². The molecule has 4 heteroatoms. The van der Waals surface area contributed by atoms with Gasteiger partial charge in [-0.3, -0.25) is 0 Å². The number of ether oxygens (including phenoxy) is 2. The van der Waals surface area contributed by atoms with E-state index < -0.39 is 0 Å². The van der Waals surface area contributed by atoms with E-state index in [-0.39, 0.29) is 18.8 Å². The van der Waals surface area contributed by atoms with Crippen molar-refractivity contribution in [1.82, 2.24) is 0 Å². The molecule has 0 aromatic rings.